The Morgan fingerprint density at radius 3 is 2.83 bits per heavy atom. The van der Waals surface area contributed by atoms with Crippen molar-refractivity contribution in [1.29, 1.82) is 0 Å². The topological polar surface area (TPSA) is 73.9 Å². The molecule has 0 bridgehead atoms. The highest BCUT2D eigenvalue weighted by molar-refractivity contribution is 5.77. The van der Waals surface area contributed by atoms with Gasteiger partial charge in [0.2, 0.25) is 5.91 Å². The molecule has 0 aliphatic carbocycles. The molecule has 0 spiro atoms. The highest BCUT2D eigenvalue weighted by atomic mass is 16.5. The maximum atomic E-state index is 12.4. The third-order valence-electron chi connectivity index (χ3n) is 6.59. The molecular weight excluding hydrogens is 380 g/mol. The average Bonchev–Trinajstić information content (AvgIpc) is 3.43. The number of piperidine rings is 1. The van der Waals surface area contributed by atoms with Crippen molar-refractivity contribution in [2.24, 2.45) is 5.92 Å². The predicted octanol–water partition coefficient (Wildman–Crippen LogP) is 2.87. The molecule has 2 fully saturated rings. The van der Waals surface area contributed by atoms with Gasteiger partial charge in [0, 0.05) is 44.8 Å². The lowest BCUT2D eigenvalue weighted by atomic mass is 9.91. The van der Waals surface area contributed by atoms with E-state index in [0.717, 1.165) is 69.4 Å². The van der Waals surface area contributed by atoms with Crippen molar-refractivity contribution in [2.75, 3.05) is 32.8 Å². The van der Waals surface area contributed by atoms with Gasteiger partial charge >= 0.3 is 6.03 Å². The van der Waals surface area contributed by atoms with Gasteiger partial charge in [0.15, 0.2) is 0 Å². The Balaban J connectivity index is 1.06. The van der Waals surface area contributed by atoms with Gasteiger partial charge in [0.1, 0.15) is 0 Å². The number of nitrogens with zero attached hydrogens (tertiary/aromatic N) is 2. The van der Waals surface area contributed by atoms with Gasteiger partial charge in [0.05, 0.1) is 19.1 Å². The average molecular weight is 415 g/mol. The van der Waals surface area contributed by atoms with Gasteiger partial charge in [-0.3, -0.25) is 9.69 Å². The second-order valence-electron chi connectivity index (χ2n) is 8.77. The molecule has 0 aromatic rings. The third-order valence-corrected chi connectivity index (χ3v) is 6.59. The van der Waals surface area contributed by atoms with Crippen LogP contribution in [0.2, 0.25) is 0 Å². The molecule has 30 heavy (non-hydrogen) atoms. The van der Waals surface area contributed by atoms with E-state index in [9.17, 15) is 9.59 Å². The van der Waals surface area contributed by atoms with E-state index < -0.39 is 0 Å². The fourth-order valence-corrected chi connectivity index (χ4v) is 4.72. The molecule has 0 saturated carbocycles. The van der Waals surface area contributed by atoms with Crippen molar-refractivity contribution in [3.8, 4) is 0 Å². The molecule has 3 amide bonds. The minimum absolute atomic E-state index is 0.0238. The number of ether oxygens (including phenoxy) is 1. The molecule has 2 saturated heterocycles. The smallest absolute Gasteiger partial charge is 0.321 e. The van der Waals surface area contributed by atoms with Crippen LogP contribution in [0.4, 0.5) is 4.79 Å². The van der Waals surface area contributed by atoms with Crippen LogP contribution in [-0.4, -0.2) is 60.6 Å². The summed E-state index contributed by atoms with van der Waals surface area (Å²) in [5, 5.41) is 6.10. The van der Waals surface area contributed by atoms with Gasteiger partial charge < -0.3 is 20.3 Å². The van der Waals surface area contributed by atoms with Gasteiger partial charge in [-0.2, -0.15) is 0 Å². The van der Waals surface area contributed by atoms with E-state index in [4.69, 9.17) is 4.74 Å². The van der Waals surface area contributed by atoms with Crippen LogP contribution in [-0.2, 0) is 9.53 Å². The van der Waals surface area contributed by atoms with Crippen molar-refractivity contribution >= 4 is 11.9 Å². The van der Waals surface area contributed by atoms with Crippen LogP contribution in [0.15, 0.2) is 35.8 Å². The second kappa shape index (κ2) is 10.2. The van der Waals surface area contributed by atoms with Crippen LogP contribution in [0.1, 0.15) is 51.4 Å². The summed E-state index contributed by atoms with van der Waals surface area (Å²) in [5.74, 6) is 0.965. The van der Waals surface area contributed by atoms with Gasteiger partial charge in [-0.05, 0) is 55.2 Å². The summed E-state index contributed by atoms with van der Waals surface area (Å²) in [6.45, 7) is 3.92. The van der Waals surface area contributed by atoms with Crippen molar-refractivity contribution in [3.05, 3.63) is 35.8 Å². The number of carbonyl (C=O) groups is 2. The van der Waals surface area contributed by atoms with Gasteiger partial charge in [0.25, 0.3) is 0 Å². The minimum Gasteiger partial charge on any atom is -0.378 e. The summed E-state index contributed by atoms with van der Waals surface area (Å²) in [6, 6.07) is -0.0238. The highest BCUT2D eigenvalue weighted by Gasteiger charge is 2.26. The first-order chi connectivity index (χ1) is 14.7. The first-order valence-corrected chi connectivity index (χ1v) is 11.5. The monoisotopic (exact) mass is 414 g/mol. The number of carbonyl (C=O) groups excluding carboxylic acids is 2. The third kappa shape index (κ3) is 5.45. The van der Waals surface area contributed by atoms with Crippen LogP contribution >= 0.6 is 0 Å². The summed E-state index contributed by atoms with van der Waals surface area (Å²) < 4.78 is 5.59. The fraction of sp³-hybridized carbons (Fsp3) is 0.652. The molecule has 2 N–H and O–H groups in total. The minimum atomic E-state index is -0.0238. The van der Waals surface area contributed by atoms with Crippen LogP contribution in [0.25, 0.3) is 0 Å². The number of urea groups is 1. The molecule has 1 unspecified atom stereocenters. The number of hydrogen-bond donors (Lipinski definition) is 2. The van der Waals surface area contributed by atoms with Crippen molar-refractivity contribution < 1.29 is 14.3 Å². The maximum Gasteiger partial charge on any atom is 0.321 e. The summed E-state index contributed by atoms with van der Waals surface area (Å²) in [7, 11) is 0. The molecule has 4 aliphatic heterocycles. The van der Waals surface area contributed by atoms with Crippen LogP contribution in [0, 0.1) is 5.92 Å². The van der Waals surface area contributed by atoms with E-state index >= 15 is 0 Å². The zero-order chi connectivity index (χ0) is 20.8. The first-order valence-electron chi connectivity index (χ1n) is 11.5. The lowest BCUT2D eigenvalue weighted by molar-refractivity contribution is -0.134. The molecule has 164 valence electrons. The zero-order valence-electron chi connectivity index (χ0n) is 17.8. The van der Waals surface area contributed by atoms with Gasteiger partial charge in [-0.25, -0.2) is 4.79 Å². The quantitative estimate of drug-likeness (QED) is 0.629. The molecule has 4 heterocycles. The number of amides is 3. The molecule has 7 nitrogen and oxygen atoms in total. The Hall–Kier alpha value is -2.28. The molecule has 4 aliphatic rings. The fourth-order valence-electron chi connectivity index (χ4n) is 4.72. The van der Waals surface area contributed by atoms with E-state index in [-0.39, 0.29) is 18.0 Å². The molecule has 7 heteroatoms. The van der Waals surface area contributed by atoms with Crippen molar-refractivity contribution in [2.45, 2.75) is 57.5 Å². The van der Waals surface area contributed by atoms with E-state index in [0.29, 0.717) is 25.4 Å². The van der Waals surface area contributed by atoms with E-state index in [1.54, 1.807) is 4.90 Å². The normalized spacial score (nSPS) is 23.7. The molecule has 0 radical (unpaired) electrons. The molecule has 4 rings (SSSR count). The van der Waals surface area contributed by atoms with Crippen molar-refractivity contribution in [3.63, 3.8) is 0 Å². The Labute approximate surface area is 179 Å². The Morgan fingerprint density at radius 1 is 1.20 bits per heavy atom. The molecule has 0 aromatic heterocycles. The van der Waals surface area contributed by atoms with E-state index in [2.05, 4.69) is 10.6 Å². The summed E-state index contributed by atoms with van der Waals surface area (Å²) >= 11 is 0. The number of fused-ring (bicyclic) bond motifs is 1. The lowest BCUT2D eigenvalue weighted by Gasteiger charge is -2.32. The van der Waals surface area contributed by atoms with Crippen LogP contribution in [0.5, 0.6) is 0 Å². The number of allylic oxidation sites excluding steroid dienone is 1. The summed E-state index contributed by atoms with van der Waals surface area (Å²) in [5.41, 5.74) is 2.25. The number of likely N-dealkylation sites (tertiary alicyclic amines) is 1. The standard InChI is InChI=1S/C23H34N4O3/c28-22(14-21-5-3-13-30-21)26-11-7-18(8-12-26)4-1-2-9-25-23(29)27-16-19-6-10-24-15-20(19)17-27/h6,10,15-16,18,21,24H,1-5,7-9,11-14,17H2,(H,25,29). The SMILES string of the molecule is O=C(NCCCCC1CCN(C(=O)CC2CCCO2)CC1)N1C=C2C=CNC=C2C1. The van der Waals surface area contributed by atoms with E-state index in [1.165, 1.54) is 6.42 Å². The maximum absolute atomic E-state index is 12.4. The highest BCUT2D eigenvalue weighted by Crippen LogP contribution is 2.25. The number of nitrogens with one attached hydrogen (secondary N) is 2. The predicted molar refractivity (Wildman–Crippen MR) is 115 cm³/mol. The van der Waals surface area contributed by atoms with Gasteiger partial charge in [-0.15, -0.1) is 0 Å². The largest absolute Gasteiger partial charge is 0.378 e. The lowest BCUT2D eigenvalue weighted by Crippen LogP contribution is -2.39. The summed E-state index contributed by atoms with van der Waals surface area (Å²) in [4.78, 5) is 28.5. The van der Waals surface area contributed by atoms with Crippen LogP contribution in [0.3, 0.4) is 0 Å². The molecule has 0 aromatic carbocycles. The Morgan fingerprint density at radius 2 is 2.07 bits per heavy atom. The zero-order valence-corrected chi connectivity index (χ0v) is 17.8. The first kappa shape index (κ1) is 21.0. The van der Waals surface area contributed by atoms with Crippen LogP contribution < -0.4 is 10.6 Å². The Kier molecular flexibility index (Phi) is 7.10. The number of unbranched alkanes of at least 4 members (excludes halogenated alkanes) is 1. The second-order valence-corrected chi connectivity index (χ2v) is 8.77. The van der Waals surface area contributed by atoms with E-state index in [1.807, 2.05) is 29.6 Å². The van der Waals surface area contributed by atoms with Crippen molar-refractivity contribution in [1.82, 2.24) is 20.4 Å². The number of rotatable bonds is 7. The molecule has 1 atom stereocenters. The van der Waals surface area contributed by atoms with Gasteiger partial charge in [-0.1, -0.05) is 12.8 Å². The summed E-state index contributed by atoms with van der Waals surface area (Å²) in [6.07, 6.45) is 16.0. The Bertz CT molecular complexity index is 716. The number of hydrogen-bond acceptors (Lipinski definition) is 4. The number of dihydropyridines is 1. The molecular formula is C23H34N4O3.